The molecule has 144 valence electrons. The van der Waals surface area contributed by atoms with E-state index in [-0.39, 0.29) is 42.0 Å². The molecule has 1 fully saturated rings. The van der Waals surface area contributed by atoms with Crippen molar-refractivity contribution in [2.24, 2.45) is 5.92 Å². The first-order chi connectivity index (χ1) is 13.0. The zero-order chi connectivity index (χ0) is 19.4. The molecule has 7 nitrogen and oxygen atoms in total. The van der Waals surface area contributed by atoms with E-state index in [1.54, 1.807) is 17.0 Å². The van der Waals surface area contributed by atoms with Crippen molar-refractivity contribution in [1.82, 2.24) is 4.90 Å². The number of nitrogens with zero attached hydrogens (tertiary/aromatic N) is 1. The lowest BCUT2D eigenvalue weighted by molar-refractivity contribution is -0.128. The van der Waals surface area contributed by atoms with Crippen LogP contribution in [0.4, 0.5) is 14.5 Å². The molecule has 0 aliphatic carbocycles. The molecule has 1 saturated heterocycles. The molecule has 2 aromatic rings. The van der Waals surface area contributed by atoms with Gasteiger partial charge in [-0.05, 0) is 24.3 Å². The van der Waals surface area contributed by atoms with Crippen LogP contribution in [0.5, 0.6) is 11.5 Å². The van der Waals surface area contributed by atoms with Crippen molar-refractivity contribution in [1.29, 1.82) is 0 Å². The number of hydrogen-bond donors (Lipinski definition) is 1. The fourth-order valence-electron chi connectivity index (χ4n) is 2.88. The van der Waals surface area contributed by atoms with Gasteiger partial charge in [0.15, 0.2) is 11.5 Å². The van der Waals surface area contributed by atoms with E-state index < -0.39 is 12.5 Å². The third-order valence-electron chi connectivity index (χ3n) is 4.16. The van der Waals surface area contributed by atoms with Crippen LogP contribution in [-0.2, 0) is 16.1 Å². The minimum Gasteiger partial charge on any atom is -0.493 e. The van der Waals surface area contributed by atoms with E-state index >= 15 is 0 Å². The molecule has 0 spiro atoms. The first-order valence-electron chi connectivity index (χ1n) is 8.20. The van der Waals surface area contributed by atoms with Gasteiger partial charge in [0.1, 0.15) is 5.76 Å². The number of nitrogens with one attached hydrogen (secondary N) is 1. The van der Waals surface area contributed by atoms with Crippen LogP contribution in [0.2, 0.25) is 0 Å². The average molecular weight is 380 g/mol. The largest absolute Gasteiger partial charge is 0.493 e. The van der Waals surface area contributed by atoms with Crippen LogP contribution in [0.25, 0.3) is 0 Å². The lowest BCUT2D eigenvalue weighted by Gasteiger charge is -2.16. The van der Waals surface area contributed by atoms with E-state index in [0.29, 0.717) is 12.3 Å². The molecule has 27 heavy (non-hydrogen) atoms. The van der Waals surface area contributed by atoms with Gasteiger partial charge in [0, 0.05) is 24.7 Å². The molecule has 1 aliphatic rings. The smallest absolute Gasteiger partial charge is 0.387 e. The number of benzene rings is 1. The van der Waals surface area contributed by atoms with Crippen molar-refractivity contribution in [3.8, 4) is 11.5 Å². The second kappa shape index (κ2) is 8.07. The van der Waals surface area contributed by atoms with Gasteiger partial charge in [0.2, 0.25) is 11.8 Å². The summed E-state index contributed by atoms with van der Waals surface area (Å²) >= 11 is 0. The number of furan rings is 1. The van der Waals surface area contributed by atoms with Crippen molar-refractivity contribution in [2.45, 2.75) is 19.6 Å². The van der Waals surface area contributed by atoms with E-state index in [1.807, 2.05) is 0 Å². The number of rotatable bonds is 7. The third kappa shape index (κ3) is 4.55. The number of hydrogen-bond acceptors (Lipinski definition) is 5. The minimum absolute atomic E-state index is 0.0725. The quantitative estimate of drug-likeness (QED) is 0.799. The van der Waals surface area contributed by atoms with E-state index in [1.165, 1.54) is 31.6 Å². The molecule has 2 heterocycles. The lowest BCUT2D eigenvalue weighted by atomic mass is 10.1. The molecule has 1 atom stereocenters. The Hall–Kier alpha value is -3.10. The molecule has 1 N–H and O–H groups in total. The molecule has 1 aromatic heterocycles. The summed E-state index contributed by atoms with van der Waals surface area (Å²) in [4.78, 5) is 26.1. The number of halogens is 2. The van der Waals surface area contributed by atoms with Crippen LogP contribution in [0, 0.1) is 5.92 Å². The molecule has 1 aromatic carbocycles. The molecular formula is C18H18F2N2O5. The maximum Gasteiger partial charge on any atom is 0.387 e. The topological polar surface area (TPSA) is 81.0 Å². The van der Waals surface area contributed by atoms with E-state index in [2.05, 4.69) is 10.1 Å². The first kappa shape index (κ1) is 18.7. The van der Waals surface area contributed by atoms with Gasteiger partial charge in [0.25, 0.3) is 0 Å². The van der Waals surface area contributed by atoms with Crippen molar-refractivity contribution in [2.75, 3.05) is 19.0 Å². The normalized spacial score (nSPS) is 16.7. The van der Waals surface area contributed by atoms with E-state index in [0.717, 1.165) is 0 Å². The Morgan fingerprint density at radius 3 is 2.85 bits per heavy atom. The van der Waals surface area contributed by atoms with Gasteiger partial charge in [-0.3, -0.25) is 9.59 Å². The van der Waals surface area contributed by atoms with Gasteiger partial charge in [0.05, 0.1) is 25.8 Å². The predicted molar refractivity (Wildman–Crippen MR) is 90.5 cm³/mol. The summed E-state index contributed by atoms with van der Waals surface area (Å²) in [5, 5.41) is 2.63. The third-order valence-corrected chi connectivity index (χ3v) is 4.16. The number of alkyl halides is 2. The highest BCUT2D eigenvalue weighted by Gasteiger charge is 2.34. The number of likely N-dealkylation sites (tertiary alicyclic amines) is 1. The van der Waals surface area contributed by atoms with Crippen molar-refractivity contribution < 1.29 is 32.3 Å². The summed E-state index contributed by atoms with van der Waals surface area (Å²) in [6.45, 7) is -2.47. The van der Waals surface area contributed by atoms with Gasteiger partial charge < -0.3 is 24.1 Å². The van der Waals surface area contributed by atoms with Crippen LogP contribution in [0.3, 0.4) is 0 Å². The highest BCUT2D eigenvalue weighted by atomic mass is 19.3. The van der Waals surface area contributed by atoms with Crippen LogP contribution in [0.15, 0.2) is 41.0 Å². The molecule has 0 radical (unpaired) electrons. The van der Waals surface area contributed by atoms with Crippen LogP contribution in [-0.4, -0.2) is 37.0 Å². The molecule has 1 unspecified atom stereocenters. The minimum atomic E-state index is -3.02. The van der Waals surface area contributed by atoms with Crippen molar-refractivity contribution in [3.63, 3.8) is 0 Å². The molecular weight excluding hydrogens is 362 g/mol. The standard InChI is InChI=1S/C18H18F2N2O5/c1-25-14-5-4-12(8-15(14)27-18(19)20)21-17(24)11-7-16(23)22(9-11)10-13-3-2-6-26-13/h2-6,8,11,18H,7,9-10H2,1H3,(H,21,24). The SMILES string of the molecule is COc1ccc(NC(=O)C2CC(=O)N(Cc3ccco3)C2)cc1OC(F)F. The fraction of sp³-hybridized carbons (Fsp3) is 0.333. The summed E-state index contributed by atoms with van der Waals surface area (Å²) in [5.74, 6) is -0.509. The summed E-state index contributed by atoms with van der Waals surface area (Å²) < 4.78 is 39.6. The predicted octanol–water partition coefficient (Wildman–Crippen LogP) is 2.88. The number of carbonyl (C=O) groups is 2. The van der Waals surface area contributed by atoms with E-state index in [9.17, 15) is 18.4 Å². The lowest BCUT2D eigenvalue weighted by Crippen LogP contribution is -2.27. The Kier molecular flexibility index (Phi) is 5.58. The zero-order valence-corrected chi connectivity index (χ0v) is 14.5. The number of ether oxygens (including phenoxy) is 2. The van der Waals surface area contributed by atoms with Crippen molar-refractivity contribution >= 4 is 17.5 Å². The second-order valence-electron chi connectivity index (χ2n) is 5.99. The Morgan fingerprint density at radius 2 is 2.19 bits per heavy atom. The van der Waals surface area contributed by atoms with Gasteiger partial charge in [-0.1, -0.05) is 0 Å². The Balaban J connectivity index is 1.64. The monoisotopic (exact) mass is 380 g/mol. The Bertz CT molecular complexity index is 810. The van der Waals surface area contributed by atoms with Gasteiger partial charge in [-0.2, -0.15) is 8.78 Å². The number of amides is 2. The highest BCUT2D eigenvalue weighted by Crippen LogP contribution is 2.32. The van der Waals surface area contributed by atoms with Crippen LogP contribution >= 0.6 is 0 Å². The van der Waals surface area contributed by atoms with Crippen LogP contribution < -0.4 is 14.8 Å². The highest BCUT2D eigenvalue weighted by molar-refractivity contribution is 5.97. The number of methoxy groups -OCH3 is 1. The molecule has 2 amide bonds. The van der Waals surface area contributed by atoms with Gasteiger partial charge in [-0.25, -0.2) is 0 Å². The van der Waals surface area contributed by atoms with Crippen molar-refractivity contribution in [3.05, 3.63) is 42.4 Å². The summed E-state index contributed by atoms with van der Waals surface area (Å²) in [6, 6.07) is 7.65. The second-order valence-corrected chi connectivity index (χ2v) is 5.99. The molecule has 0 bridgehead atoms. The zero-order valence-electron chi connectivity index (χ0n) is 14.5. The molecule has 3 rings (SSSR count). The maximum absolute atomic E-state index is 12.5. The Labute approximate surface area is 153 Å². The first-order valence-corrected chi connectivity index (χ1v) is 8.20. The molecule has 1 aliphatic heterocycles. The maximum atomic E-state index is 12.5. The number of carbonyl (C=O) groups excluding carboxylic acids is 2. The Morgan fingerprint density at radius 1 is 1.37 bits per heavy atom. The van der Waals surface area contributed by atoms with Gasteiger partial charge >= 0.3 is 6.61 Å². The fourth-order valence-corrected chi connectivity index (χ4v) is 2.88. The number of anilines is 1. The molecule has 9 heteroatoms. The summed E-state index contributed by atoms with van der Waals surface area (Å²) in [6.07, 6.45) is 1.59. The average Bonchev–Trinajstić information content (AvgIpc) is 3.25. The summed E-state index contributed by atoms with van der Waals surface area (Å²) in [7, 11) is 1.32. The van der Waals surface area contributed by atoms with E-state index in [4.69, 9.17) is 9.15 Å². The van der Waals surface area contributed by atoms with Crippen LogP contribution in [0.1, 0.15) is 12.2 Å². The van der Waals surface area contributed by atoms with Gasteiger partial charge in [-0.15, -0.1) is 0 Å². The summed E-state index contributed by atoms with van der Waals surface area (Å²) in [5.41, 5.74) is 0.272. The molecule has 0 saturated carbocycles.